The first-order chi connectivity index (χ1) is 13.5. The van der Waals surface area contributed by atoms with E-state index in [4.69, 9.17) is 51.0 Å². The van der Waals surface area contributed by atoms with E-state index in [1.54, 1.807) is 6.92 Å². The van der Waals surface area contributed by atoms with Crippen LogP contribution in [0.3, 0.4) is 0 Å². The Balaban J connectivity index is 2.34. The maximum Gasteiger partial charge on any atom is 0.359 e. The fraction of sp³-hybridized carbons (Fsp3) is 0.312. The fourth-order valence-electron chi connectivity index (χ4n) is 2.42. The summed E-state index contributed by atoms with van der Waals surface area (Å²) in [7, 11) is 1.21. The number of aromatic nitrogens is 3. The highest BCUT2D eigenvalue weighted by Crippen LogP contribution is 2.34. The van der Waals surface area contributed by atoms with Gasteiger partial charge in [-0.05, 0) is 6.42 Å². The van der Waals surface area contributed by atoms with Crippen LogP contribution in [0.4, 0.5) is 11.5 Å². The lowest BCUT2D eigenvalue weighted by molar-refractivity contribution is 0.0468. The molecule has 2 aromatic heterocycles. The van der Waals surface area contributed by atoms with Crippen molar-refractivity contribution in [3.8, 4) is 0 Å². The standard InChI is InChI=1S/C16H16Cl3N5O5/c1-3-4-24-13(21)7(14(26)23(2)16(24)28)6(25)5-29-15(27)11-8(17)10(20)9(18)12(19)22-11/h3-5,21H2,1-2H3,(H2,20,22). The van der Waals surface area contributed by atoms with Gasteiger partial charge in [0.1, 0.15) is 16.4 Å². The van der Waals surface area contributed by atoms with E-state index in [1.807, 2.05) is 0 Å². The molecule has 0 aliphatic heterocycles. The number of Topliss-reactive ketones (excluding diaryl/α,β-unsaturated/α-hetero) is 1. The molecular weight excluding hydrogens is 449 g/mol. The number of ether oxygens (including phenoxy) is 1. The van der Waals surface area contributed by atoms with E-state index in [1.165, 1.54) is 7.05 Å². The summed E-state index contributed by atoms with van der Waals surface area (Å²) < 4.78 is 6.71. The molecule has 0 radical (unpaired) electrons. The summed E-state index contributed by atoms with van der Waals surface area (Å²) in [6.45, 7) is 1.13. The van der Waals surface area contributed by atoms with Crippen molar-refractivity contribution >= 4 is 58.1 Å². The third-order valence-electron chi connectivity index (χ3n) is 3.91. The summed E-state index contributed by atoms with van der Waals surface area (Å²) in [6, 6.07) is 0. The molecule has 0 spiro atoms. The van der Waals surface area contributed by atoms with Gasteiger partial charge in [-0.15, -0.1) is 0 Å². The molecule has 0 aliphatic carbocycles. The lowest BCUT2D eigenvalue weighted by atomic mass is 10.2. The van der Waals surface area contributed by atoms with Crippen molar-refractivity contribution in [3.63, 3.8) is 0 Å². The van der Waals surface area contributed by atoms with Crippen LogP contribution in [0.1, 0.15) is 34.2 Å². The normalized spacial score (nSPS) is 10.8. The van der Waals surface area contributed by atoms with Gasteiger partial charge in [0, 0.05) is 13.6 Å². The number of nitrogens with zero attached hydrogens (tertiary/aromatic N) is 3. The minimum absolute atomic E-state index is 0.140. The predicted octanol–water partition coefficient (Wildman–Crippen LogP) is 1.52. The monoisotopic (exact) mass is 463 g/mol. The van der Waals surface area contributed by atoms with Gasteiger partial charge in [-0.1, -0.05) is 41.7 Å². The van der Waals surface area contributed by atoms with E-state index in [9.17, 15) is 19.2 Å². The minimum atomic E-state index is -1.12. The molecule has 0 saturated carbocycles. The highest BCUT2D eigenvalue weighted by molar-refractivity contribution is 6.46. The van der Waals surface area contributed by atoms with Crippen LogP contribution >= 0.6 is 34.8 Å². The molecule has 0 aromatic carbocycles. The predicted molar refractivity (Wildman–Crippen MR) is 109 cm³/mol. The molecular formula is C16H16Cl3N5O5. The second-order valence-electron chi connectivity index (χ2n) is 5.85. The lowest BCUT2D eigenvalue weighted by Gasteiger charge is -2.14. The quantitative estimate of drug-likeness (QED) is 0.371. The SMILES string of the molecule is CCCn1c(N)c(C(=O)COC(=O)c2nc(Cl)c(Cl)c(N)c2Cl)c(=O)n(C)c1=O. The maximum atomic E-state index is 12.5. The molecule has 0 fully saturated rings. The number of nitrogen functional groups attached to an aromatic ring is 2. The van der Waals surface area contributed by atoms with E-state index in [0.29, 0.717) is 6.42 Å². The second kappa shape index (κ2) is 8.85. The fourth-order valence-corrected chi connectivity index (χ4v) is 3.01. The molecule has 156 valence electrons. The van der Waals surface area contributed by atoms with Crippen molar-refractivity contribution in [3.05, 3.63) is 47.3 Å². The Morgan fingerprint density at radius 1 is 1.14 bits per heavy atom. The maximum absolute atomic E-state index is 12.5. The Bertz CT molecular complexity index is 1130. The average Bonchev–Trinajstić information content (AvgIpc) is 2.69. The molecule has 2 aromatic rings. The Morgan fingerprint density at radius 2 is 1.76 bits per heavy atom. The zero-order valence-electron chi connectivity index (χ0n) is 15.3. The molecule has 2 rings (SSSR count). The van der Waals surface area contributed by atoms with Crippen LogP contribution in [-0.2, 0) is 18.3 Å². The number of ketones is 1. The van der Waals surface area contributed by atoms with E-state index >= 15 is 0 Å². The number of halogens is 3. The lowest BCUT2D eigenvalue weighted by Crippen LogP contribution is -2.43. The molecule has 0 aliphatic rings. The molecule has 0 unspecified atom stereocenters. The van der Waals surface area contributed by atoms with Gasteiger partial charge < -0.3 is 16.2 Å². The number of hydrogen-bond acceptors (Lipinski definition) is 8. The van der Waals surface area contributed by atoms with E-state index in [-0.39, 0.29) is 33.2 Å². The number of rotatable bonds is 6. The first-order valence-corrected chi connectivity index (χ1v) is 9.25. The van der Waals surface area contributed by atoms with Crippen molar-refractivity contribution in [2.45, 2.75) is 19.9 Å². The first kappa shape index (κ1) is 22.7. The van der Waals surface area contributed by atoms with Gasteiger partial charge in [-0.3, -0.25) is 18.7 Å². The Labute approximate surface area is 178 Å². The van der Waals surface area contributed by atoms with Crippen LogP contribution in [-0.4, -0.2) is 32.5 Å². The summed E-state index contributed by atoms with van der Waals surface area (Å²) in [5.74, 6) is -2.34. The van der Waals surface area contributed by atoms with Crippen LogP contribution in [0.5, 0.6) is 0 Å². The van der Waals surface area contributed by atoms with Gasteiger partial charge in [-0.2, -0.15) is 0 Å². The van der Waals surface area contributed by atoms with Gasteiger partial charge >= 0.3 is 11.7 Å². The van der Waals surface area contributed by atoms with Crippen molar-refractivity contribution < 1.29 is 14.3 Å². The van der Waals surface area contributed by atoms with Crippen LogP contribution in [0.25, 0.3) is 0 Å². The third-order valence-corrected chi connectivity index (χ3v) is 5.04. The van der Waals surface area contributed by atoms with E-state index in [0.717, 1.165) is 9.13 Å². The topological polar surface area (TPSA) is 152 Å². The summed E-state index contributed by atoms with van der Waals surface area (Å²) in [6.07, 6.45) is 0.536. The van der Waals surface area contributed by atoms with E-state index < -0.39 is 40.9 Å². The Hall–Kier alpha value is -2.56. The second-order valence-corrected chi connectivity index (χ2v) is 6.96. The first-order valence-electron chi connectivity index (χ1n) is 8.12. The summed E-state index contributed by atoms with van der Waals surface area (Å²) in [4.78, 5) is 52.9. The molecule has 0 atom stereocenters. The van der Waals surface area contributed by atoms with Crippen LogP contribution in [0.15, 0.2) is 9.59 Å². The molecule has 0 amide bonds. The van der Waals surface area contributed by atoms with Gasteiger partial charge in [0.25, 0.3) is 5.56 Å². The van der Waals surface area contributed by atoms with E-state index in [2.05, 4.69) is 4.98 Å². The summed E-state index contributed by atoms with van der Waals surface area (Å²) in [5.41, 5.74) is 8.79. The Kier molecular flexibility index (Phi) is 6.93. The molecule has 4 N–H and O–H groups in total. The van der Waals surface area contributed by atoms with Gasteiger partial charge in [0.05, 0.1) is 10.7 Å². The molecule has 29 heavy (non-hydrogen) atoms. The smallest absolute Gasteiger partial charge is 0.359 e. The van der Waals surface area contributed by atoms with Crippen molar-refractivity contribution in [2.75, 3.05) is 18.1 Å². The largest absolute Gasteiger partial charge is 0.453 e. The van der Waals surface area contributed by atoms with Crippen molar-refractivity contribution in [1.82, 2.24) is 14.1 Å². The van der Waals surface area contributed by atoms with Gasteiger partial charge in [-0.25, -0.2) is 14.6 Å². The van der Waals surface area contributed by atoms with Crippen LogP contribution in [0.2, 0.25) is 15.2 Å². The third kappa shape index (κ3) is 4.24. The Morgan fingerprint density at radius 3 is 2.34 bits per heavy atom. The number of nitrogens with two attached hydrogens (primary N) is 2. The number of hydrogen-bond donors (Lipinski definition) is 2. The average molecular weight is 465 g/mol. The molecule has 10 nitrogen and oxygen atoms in total. The number of anilines is 2. The number of esters is 1. The summed E-state index contributed by atoms with van der Waals surface area (Å²) in [5, 5.41) is -0.723. The highest BCUT2D eigenvalue weighted by atomic mass is 35.5. The number of carbonyl (C=O) groups excluding carboxylic acids is 2. The number of carbonyl (C=O) groups is 2. The zero-order valence-corrected chi connectivity index (χ0v) is 17.6. The van der Waals surface area contributed by atoms with Crippen molar-refractivity contribution in [2.24, 2.45) is 7.05 Å². The van der Waals surface area contributed by atoms with Crippen LogP contribution in [0, 0.1) is 0 Å². The van der Waals surface area contributed by atoms with Gasteiger partial charge in [0.15, 0.2) is 17.5 Å². The molecule has 13 heteroatoms. The van der Waals surface area contributed by atoms with Gasteiger partial charge in [0.2, 0.25) is 5.78 Å². The van der Waals surface area contributed by atoms with Crippen molar-refractivity contribution in [1.29, 1.82) is 0 Å². The number of pyridine rings is 1. The highest BCUT2D eigenvalue weighted by Gasteiger charge is 2.25. The molecule has 2 heterocycles. The molecule has 0 bridgehead atoms. The minimum Gasteiger partial charge on any atom is -0.453 e. The molecule has 0 saturated heterocycles. The zero-order chi connectivity index (χ0) is 22.0. The van der Waals surface area contributed by atoms with Crippen LogP contribution < -0.4 is 22.7 Å². The summed E-state index contributed by atoms with van der Waals surface area (Å²) >= 11 is 17.5.